The van der Waals surface area contributed by atoms with E-state index in [1.54, 1.807) is 0 Å². The lowest BCUT2D eigenvalue weighted by atomic mass is 10.2. The Bertz CT molecular complexity index is 604. The molecule has 80 valence electrons. The maximum absolute atomic E-state index is 10.8. The highest BCUT2D eigenvalue weighted by Gasteiger charge is 2.15. The van der Waals surface area contributed by atoms with E-state index in [4.69, 9.17) is 15.1 Å². The number of aromatic nitrogens is 1. The first kappa shape index (κ1) is 10.3. The smallest absolute Gasteiger partial charge is 0.236 e. The molecule has 0 radical (unpaired) electrons. The molecule has 0 aliphatic carbocycles. The van der Waals surface area contributed by atoms with E-state index in [-0.39, 0.29) is 16.8 Å². The van der Waals surface area contributed by atoms with Crippen molar-refractivity contribution in [3.63, 3.8) is 0 Å². The van der Waals surface area contributed by atoms with Crippen molar-refractivity contribution in [1.29, 1.82) is 0 Å². The summed E-state index contributed by atoms with van der Waals surface area (Å²) in [5.41, 5.74) is 0.822. The highest BCUT2D eigenvalue weighted by Crippen LogP contribution is 2.29. The van der Waals surface area contributed by atoms with Crippen LogP contribution in [0.25, 0.3) is 11.1 Å². The van der Waals surface area contributed by atoms with Crippen molar-refractivity contribution in [2.24, 2.45) is 0 Å². The van der Waals surface area contributed by atoms with Gasteiger partial charge in [0.25, 0.3) is 0 Å². The topological polar surface area (TPSA) is 80.4 Å². The molecule has 0 aliphatic rings. The van der Waals surface area contributed by atoms with Gasteiger partial charge in [0.2, 0.25) is 9.05 Å². The van der Waals surface area contributed by atoms with Crippen LogP contribution in [-0.4, -0.2) is 18.5 Å². The molecule has 2 rings (SSSR count). The number of aromatic hydroxyl groups is 1. The fourth-order valence-corrected chi connectivity index (χ4v) is 2.22. The molecule has 7 heteroatoms. The molecule has 0 bridgehead atoms. The van der Waals surface area contributed by atoms with Gasteiger partial charge >= 0.3 is 0 Å². The highest BCUT2D eigenvalue weighted by molar-refractivity contribution is 8.13. The first-order chi connectivity index (χ1) is 6.97. The van der Waals surface area contributed by atoms with Crippen molar-refractivity contribution >= 4 is 30.8 Å². The molecule has 0 saturated carbocycles. The highest BCUT2D eigenvalue weighted by atomic mass is 35.7. The number of benzene rings is 1. The molecule has 15 heavy (non-hydrogen) atoms. The van der Waals surface area contributed by atoms with Gasteiger partial charge in [0.05, 0.1) is 5.75 Å². The lowest BCUT2D eigenvalue weighted by Crippen LogP contribution is -1.95. The second-order valence-corrected chi connectivity index (χ2v) is 5.73. The Morgan fingerprint density at radius 3 is 2.87 bits per heavy atom. The fourth-order valence-electron chi connectivity index (χ4n) is 1.26. The number of hydrogen-bond acceptors (Lipinski definition) is 5. The zero-order valence-electron chi connectivity index (χ0n) is 7.34. The van der Waals surface area contributed by atoms with Crippen LogP contribution in [0.4, 0.5) is 0 Å². The normalized spacial score (nSPS) is 12.1. The molecule has 1 aromatic carbocycles. The Morgan fingerprint density at radius 1 is 1.47 bits per heavy atom. The van der Waals surface area contributed by atoms with Gasteiger partial charge in [-0.05, 0) is 6.07 Å². The number of fused-ring (bicyclic) bond motifs is 1. The second kappa shape index (κ2) is 3.39. The number of nitrogens with zero attached hydrogens (tertiary/aromatic N) is 1. The van der Waals surface area contributed by atoms with Crippen LogP contribution in [0.5, 0.6) is 5.75 Å². The third-order valence-corrected chi connectivity index (χ3v) is 2.87. The van der Waals surface area contributed by atoms with Gasteiger partial charge in [-0.2, -0.15) is 0 Å². The maximum Gasteiger partial charge on any atom is 0.236 e. The quantitative estimate of drug-likeness (QED) is 0.816. The molecule has 0 fully saturated rings. The van der Waals surface area contributed by atoms with E-state index in [1.165, 1.54) is 18.5 Å². The van der Waals surface area contributed by atoms with Crippen LogP contribution in [0.1, 0.15) is 5.56 Å². The lowest BCUT2D eigenvalue weighted by molar-refractivity contribution is 0.475. The van der Waals surface area contributed by atoms with Crippen molar-refractivity contribution in [2.45, 2.75) is 5.75 Å². The average molecular weight is 248 g/mol. The molecule has 0 unspecified atom stereocenters. The van der Waals surface area contributed by atoms with Crippen LogP contribution in [0.3, 0.4) is 0 Å². The van der Waals surface area contributed by atoms with Crippen LogP contribution < -0.4 is 0 Å². The van der Waals surface area contributed by atoms with Crippen molar-refractivity contribution < 1.29 is 17.9 Å². The summed E-state index contributed by atoms with van der Waals surface area (Å²) in [4.78, 5) is 3.75. The van der Waals surface area contributed by atoms with Crippen molar-refractivity contribution in [3.8, 4) is 5.75 Å². The van der Waals surface area contributed by atoms with Gasteiger partial charge in [-0.1, -0.05) is 6.07 Å². The predicted molar refractivity (Wildman–Crippen MR) is 54.2 cm³/mol. The minimum atomic E-state index is -3.70. The zero-order chi connectivity index (χ0) is 11.1. The summed E-state index contributed by atoms with van der Waals surface area (Å²) in [6.45, 7) is 0. The first-order valence-corrected chi connectivity index (χ1v) is 6.41. The molecule has 0 amide bonds. The summed E-state index contributed by atoms with van der Waals surface area (Å²) in [7, 11) is 1.38. The molecule has 0 atom stereocenters. The molecule has 1 heterocycles. The molecule has 0 saturated heterocycles. The molecule has 0 spiro atoms. The fraction of sp³-hybridized carbons (Fsp3) is 0.125. The Morgan fingerprint density at radius 2 is 2.20 bits per heavy atom. The Balaban J connectivity index is 2.58. The molecule has 1 aromatic heterocycles. The van der Waals surface area contributed by atoms with E-state index >= 15 is 0 Å². The number of halogens is 1. The third kappa shape index (κ3) is 2.05. The van der Waals surface area contributed by atoms with Crippen LogP contribution in [0, 0.1) is 0 Å². The SMILES string of the molecule is O=S(=O)(Cl)Cc1ccc2ocnc2c1O. The minimum Gasteiger partial charge on any atom is -0.505 e. The summed E-state index contributed by atoms with van der Waals surface area (Å²) in [5.74, 6) is -0.658. The molecular weight excluding hydrogens is 242 g/mol. The van der Waals surface area contributed by atoms with Crippen molar-refractivity contribution in [3.05, 3.63) is 24.1 Å². The number of oxazole rings is 1. The van der Waals surface area contributed by atoms with Crippen LogP contribution in [0.2, 0.25) is 0 Å². The first-order valence-electron chi connectivity index (χ1n) is 3.94. The van der Waals surface area contributed by atoms with Crippen molar-refractivity contribution in [1.82, 2.24) is 4.98 Å². The average Bonchev–Trinajstić information content (AvgIpc) is 2.56. The zero-order valence-corrected chi connectivity index (χ0v) is 8.92. The lowest BCUT2D eigenvalue weighted by Gasteiger charge is -2.01. The molecule has 2 aromatic rings. The van der Waals surface area contributed by atoms with Gasteiger partial charge in [-0.3, -0.25) is 0 Å². The Labute approximate surface area is 89.7 Å². The largest absolute Gasteiger partial charge is 0.505 e. The summed E-state index contributed by atoms with van der Waals surface area (Å²) in [6.07, 6.45) is 1.17. The van der Waals surface area contributed by atoms with Gasteiger partial charge in [-0.15, -0.1) is 0 Å². The summed E-state index contributed by atoms with van der Waals surface area (Å²) in [5, 5.41) is 9.66. The number of rotatable bonds is 2. The number of phenolic OH excluding ortho intramolecular Hbond substituents is 1. The van der Waals surface area contributed by atoms with Gasteiger partial charge in [-0.25, -0.2) is 13.4 Å². The van der Waals surface area contributed by atoms with E-state index in [9.17, 15) is 13.5 Å². The van der Waals surface area contributed by atoms with Crippen LogP contribution >= 0.6 is 10.7 Å². The second-order valence-electron chi connectivity index (χ2n) is 2.96. The van der Waals surface area contributed by atoms with Gasteiger partial charge in [0, 0.05) is 16.2 Å². The molecule has 0 aliphatic heterocycles. The van der Waals surface area contributed by atoms with Gasteiger partial charge in [0.1, 0.15) is 5.75 Å². The van der Waals surface area contributed by atoms with Crippen LogP contribution in [-0.2, 0) is 14.8 Å². The van der Waals surface area contributed by atoms with Crippen LogP contribution in [0.15, 0.2) is 22.9 Å². The monoisotopic (exact) mass is 247 g/mol. The van der Waals surface area contributed by atoms with E-state index in [2.05, 4.69) is 4.98 Å². The van der Waals surface area contributed by atoms with Gasteiger partial charge in [0.15, 0.2) is 17.5 Å². The van der Waals surface area contributed by atoms with E-state index in [0.29, 0.717) is 5.58 Å². The molecular formula is C8H6ClNO4S. The molecule has 1 N–H and O–H groups in total. The Hall–Kier alpha value is -1.27. The predicted octanol–water partition coefficient (Wildman–Crippen LogP) is 1.60. The van der Waals surface area contributed by atoms with Crippen molar-refractivity contribution in [2.75, 3.05) is 0 Å². The summed E-state index contributed by atoms with van der Waals surface area (Å²) < 4.78 is 26.6. The number of phenols is 1. The van der Waals surface area contributed by atoms with E-state index < -0.39 is 14.8 Å². The molecule has 5 nitrogen and oxygen atoms in total. The maximum atomic E-state index is 10.8. The summed E-state index contributed by atoms with van der Waals surface area (Å²) >= 11 is 0. The van der Waals surface area contributed by atoms with Gasteiger partial charge < -0.3 is 9.52 Å². The summed E-state index contributed by atoms with van der Waals surface area (Å²) in [6, 6.07) is 2.96. The third-order valence-electron chi connectivity index (χ3n) is 1.89. The minimum absolute atomic E-state index is 0.200. The van der Waals surface area contributed by atoms with E-state index in [0.717, 1.165) is 0 Å². The standard InChI is InChI=1S/C8H6ClNO4S/c9-15(12,13)3-5-1-2-6-7(8(5)11)10-4-14-6/h1-2,4,11H,3H2. The number of hydrogen-bond donors (Lipinski definition) is 1. The Kier molecular flexibility index (Phi) is 2.32. The van der Waals surface area contributed by atoms with E-state index in [1.807, 2.05) is 0 Å².